The summed E-state index contributed by atoms with van der Waals surface area (Å²) in [6.07, 6.45) is 5.11. The van der Waals surface area contributed by atoms with E-state index in [4.69, 9.17) is 0 Å². The average molecular weight is 248 g/mol. The molecule has 0 saturated carbocycles. The summed E-state index contributed by atoms with van der Waals surface area (Å²) in [6.45, 7) is 7.87. The minimum Gasteiger partial charge on any atom is -0.374 e. The molecule has 0 spiro atoms. The molecule has 2 heteroatoms. The van der Waals surface area contributed by atoms with Crippen molar-refractivity contribution in [3.63, 3.8) is 0 Å². The molecule has 0 amide bonds. The van der Waals surface area contributed by atoms with Crippen LogP contribution in [0.4, 0.5) is 5.69 Å². The van der Waals surface area contributed by atoms with Crippen molar-refractivity contribution in [3.05, 3.63) is 29.8 Å². The monoisotopic (exact) mass is 248 g/mol. The second-order valence-electron chi connectivity index (χ2n) is 5.02. The molecule has 0 bridgehead atoms. The molecule has 0 aromatic heterocycles. The van der Waals surface area contributed by atoms with Crippen LogP contribution in [-0.4, -0.2) is 26.7 Å². The fourth-order valence-electron chi connectivity index (χ4n) is 2.19. The van der Waals surface area contributed by atoms with Gasteiger partial charge in [0.15, 0.2) is 0 Å². The van der Waals surface area contributed by atoms with E-state index in [2.05, 4.69) is 55.4 Å². The quantitative estimate of drug-likeness (QED) is 0.672. The third-order valence-electron chi connectivity index (χ3n) is 3.30. The van der Waals surface area contributed by atoms with Gasteiger partial charge in [0, 0.05) is 19.3 Å². The first kappa shape index (κ1) is 15.0. The zero-order valence-electron chi connectivity index (χ0n) is 12.2. The number of aryl methyl sites for hydroxylation is 1. The van der Waals surface area contributed by atoms with Crippen LogP contribution in [0.3, 0.4) is 0 Å². The number of anilines is 1. The molecule has 2 nitrogen and oxygen atoms in total. The van der Waals surface area contributed by atoms with Gasteiger partial charge in [0.1, 0.15) is 0 Å². The molecule has 1 N–H and O–H groups in total. The summed E-state index contributed by atoms with van der Waals surface area (Å²) in [4.78, 5) is 2.37. The van der Waals surface area contributed by atoms with Crippen LogP contribution < -0.4 is 10.2 Å². The third-order valence-corrected chi connectivity index (χ3v) is 3.30. The van der Waals surface area contributed by atoms with Crippen molar-refractivity contribution >= 4 is 5.69 Å². The number of para-hydroxylation sites is 1. The van der Waals surface area contributed by atoms with Gasteiger partial charge in [0.05, 0.1) is 0 Å². The zero-order valence-corrected chi connectivity index (χ0v) is 12.2. The predicted molar refractivity (Wildman–Crippen MR) is 81.5 cm³/mol. The molecule has 102 valence electrons. The molecule has 0 aliphatic carbocycles. The van der Waals surface area contributed by atoms with Crippen molar-refractivity contribution in [1.29, 1.82) is 0 Å². The van der Waals surface area contributed by atoms with Crippen LogP contribution in [0.25, 0.3) is 0 Å². The lowest BCUT2D eigenvalue weighted by atomic mass is 10.1. The van der Waals surface area contributed by atoms with E-state index < -0.39 is 0 Å². The van der Waals surface area contributed by atoms with Crippen molar-refractivity contribution in [1.82, 2.24) is 5.32 Å². The first-order valence-corrected chi connectivity index (χ1v) is 7.23. The Kier molecular flexibility index (Phi) is 7.51. The highest BCUT2D eigenvalue weighted by atomic mass is 15.1. The van der Waals surface area contributed by atoms with Crippen molar-refractivity contribution in [2.75, 3.05) is 31.6 Å². The lowest BCUT2D eigenvalue weighted by Gasteiger charge is -2.21. The Bertz CT molecular complexity index is 323. The van der Waals surface area contributed by atoms with E-state index in [0.29, 0.717) is 0 Å². The van der Waals surface area contributed by atoms with E-state index in [1.54, 1.807) is 0 Å². The smallest absolute Gasteiger partial charge is 0.0393 e. The van der Waals surface area contributed by atoms with E-state index in [9.17, 15) is 0 Å². The normalized spacial score (nSPS) is 10.6. The molecule has 0 atom stereocenters. The molecule has 0 fully saturated rings. The fourth-order valence-corrected chi connectivity index (χ4v) is 2.19. The average Bonchev–Trinajstić information content (AvgIpc) is 2.38. The van der Waals surface area contributed by atoms with Crippen LogP contribution in [0.5, 0.6) is 0 Å². The van der Waals surface area contributed by atoms with Gasteiger partial charge in [0.2, 0.25) is 0 Å². The molecule has 18 heavy (non-hydrogen) atoms. The Labute approximate surface area is 112 Å². The van der Waals surface area contributed by atoms with Crippen molar-refractivity contribution in [2.45, 2.75) is 39.5 Å². The SMILES string of the molecule is CCCNCCCCCN(C)c1ccccc1C. The highest BCUT2D eigenvalue weighted by molar-refractivity contribution is 5.52. The van der Waals surface area contributed by atoms with Crippen LogP contribution in [0.1, 0.15) is 38.2 Å². The summed E-state index contributed by atoms with van der Waals surface area (Å²) in [5.74, 6) is 0. The van der Waals surface area contributed by atoms with E-state index in [-0.39, 0.29) is 0 Å². The molecule has 1 aromatic carbocycles. The van der Waals surface area contributed by atoms with Gasteiger partial charge in [-0.3, -0.25) is 0 Å². The van der Waals surface area contributed by atoms with Crippen molar-refractivity contribution in [2.24, 2.45) is 0 Å². The number of nitrogens with one attached hydrogen (secondary N) is 1. The Morgan fingerprint density at radius 1 is 1.06 bits per heavy atom. The molecule has 0 saturated heterocycles. The summed E-state index contributed by atoms with van der Waals surface area (Å²) < 4.78 is 0. The number of rotatable bonds is 9. The van der Waals surface area contributed by atoms with E-state index in [1.807, 2.05) is 0 Å². The minimum atomic E-state index is 1.15. The lowest BCUT2D eigenvalue weighted by molar-refractivity contribution is 0.598. The molecule has 0 aliphatic rings. The molecular weight excluding hydrogens is 220 g/mol. The Balaban J connectivity index is 2.14. The van der Waals surface area contributed by atoms with E-state index >= 15 is 0 Å². The number of unbranched alkanes of at least 4 members (excludes halogenated alkanes) is 2. The highest BCUT2D eigenvalue weighted by Gasteiger charge is 2.02. The van der Waals surface area contributed by atoms with Crippen LogP contribution >= 0.6 is 0 Å². The predicted octanol–water partition coefficient (Wildman–Crippen LogP) is 3.60. The molecule has 0 heterocycles. The molecular formula is C16H28N2. The van der Waals surface area contributed by atoms with Crippen molar-refractivity contribution < 1.29 is 0 Å². The van der Waals surface area contributed by atoms with Gasteiger partial charge in [-0.05, 0) is 50.9 Å². The van der Waals surface area contributed by atoms with Gasteiger partial charge < -0.3 is 10.2 Å². The summed E-state index contributed by atoms with van der Waals surface area (Å²) in [6, 6.07) is 8.61. The lowest BCUT2D eigenvalue weighted by Crippen LogP contribution is -2.20. The van der Waals surface area contributed by atoms with Crippen LogP contribution in [0.2, 0.25) is 0 Å². The van der Waals surface area contributed by atoms with E-state index in [1.165, 1.54) is 43.5 Å². The Hall–Kier alpha value is -1.02. The summed E-state index contributed by atoms with van der Waals surface area (Å²) in [5, 5.41) is 3.45. The summed E-state index contributed by atoms with van der Waals surface area (Å²) >= 11 is 0. The Morgan fingerprint density at radius 2 is 1.83 bits per heavy atom. The van der Waals surface area contributed by atoms with Gasteiger partial charge >= 0.3 is 0 Å². The molecule has 0 radical (unpaired) electrons. The maximum Gasteiger partial charge on any atom is 0.0393 e. The third kappa shape index (κ3) is 5.54. The molecule has 1 rings (SSSR count). The van der Waals surface area contributed by atoms with Gasteiger partial charge in [-0.15, -0.1) is 0 Å². The van der Waals surface area contributed by atoms with Gasteiger partial charge in [-0.2, -0.15) is 0 Å². The summed E-state index contributed by atoms with van der Waals surface area (Å²) in [5.41, 5.74) is 2.73. The molecule has 1 aromatic rings. The van der Waals surface area contributed by atoms with Gasteiger partial charge in [-0.25, -0.2) is 0 Å². The number of benzene rings is 1. The Morgan fingerprint density at radius 3 is 2.56 bits per heavy atom. The zero-order chi connectivity index (χ0) is 13.2. The van der Waals surface area contributed by atoms with Crippen LogP contribution in [0.15, 0.2) is 24.3 Å². The second kappa shape index (κ2) is 8.98. The van der Waals surface area contributed by atoms with Gasteiger partial charge in [0.25, 0.3) is 0 Å². The largest absolute Gasteiger partial charge is 0.374 e. The standard InChI is InChI=1S/C16H28N2/c1-4-12-17-13-8-5-9-14-18(3)16-11-7-6-10-15(16)2/h6-7,10-11,17H,4-5,8-9,12-14H2,1-3H3. The highest BCUT2D eigenvalue weighted by Crippen LogP contribution is 2.18. The van der Waals surface area contributed by atoms with Gasteiger partial charge in [-0.1, -0.05) is 31.5 Å². The van der Waals surface area contributed by atoms with Crippen LogP contribution in [-0.2, 0) is 0 Å². The van der Waals surface area contributed by atoms with Crippen molar-refractivity contribution in [3.8, 4) is 0 Å². The second-order valence-corrected chi connectivity index (χ2v) is 5.02. The summed E-state index contributed by atoms with van der Waals surface area (Å²) in [7, 11) is 2.19. The first-order chi connectivity index (χ1) is 8.75. The maximum absolute atomic E-state index is 3.45. The fraction of sp³-hybridized carbons (Fsp3) is 0.625. The number of hydrogen-bond donors (Lipinski definition) is 1. The number of nitrogens with zero attached hydrogens (tertiary/aromatic N) is 1. The molecule has 0 unspecified atom stereocenters. The minimum absolute atomic E-state index is 1.15. The topological polar surface area (TPSA) is 15.3 Å². The maximum atomic E-state index is 3.45. The van der Waals surface area contributed by atoms with E-state index in [0.717, 1.165) is 13.1 Å². The number of hydrogen-bond acceptors (Lipinski definition) is 2. The molecule has 0 aliphatic heterocycles. The first-order valence-electron chi connectivity index (χ1n) is 7.23. The van der Waals surface area contributed by atoms with Crippen LogP contribution in [0, 0.1) is 6.92 Å².